The summed E-state index contributed by atoms with van der Waals surface area (Å²) < 4.78 is 28.8. The number of ketones is 1. The molecule has 0 N–H and O–H groups in total. The summed E-state index contributed by atoms with van der Waals surface area (Å²) in [5, 5.41) is 0. The highest BCUT2D eigenvalue weighted by Crippen LogP contribution is 2.60. The molecule has 0 unspecified atom stereocenters. The minimum atomic E-state index is -1.04. The molecule has 2 fully saturated rings. The summed E-state index contributed by atoms with van der Waals surface area (Å²) in [5.41, 5.74) is -0.442. The first-order valence-electron chi connectivity index (χ1n) is 9.39. The molecule has 3 heterocycles. The fourth-order valence-corrected chi connectivity index (χ4v) is 4.74. The lowest BCUT2D eigenvalue weighted by atomic mass is 9.65. The van der Waals surface area contributed by atoms with E-state index in [1.165, 1.54) is 0 Å². The maximum Gasteiger partial charge on any atom is 0.194 e. The van der Waals surface area contributed by atoms with Gasteiger partial charge in [-0.1, -0.05) is 20.4 Å². The van der Waals surface area contributed by atoms with Gasteiger partial charge in [0.25, 0.3) is 0 Å². The van der Waals surface area contributed by atoms with Gasteiger partial charge in [-0.2, -0.15) is 0 Å². The molecule has 6 nitrogen and oxygen atoms in total. The second-order valence-corrected chi connectivity index (χ2v) is 7.83. The first-order chi connectivity index (χ1) is 12.7. The van der Waals surface area contributed by atoms with E-state index in [0.29, 0.717) is 18.8 Å². The topological polar surface area (TPSA) is 67.1 Å². The molecule has 0 radical (unpaired) electrons. The number of hydrogen-bond donors (Lipinski definition) is 0. The Kier molecular flexibility index (Phi) is 5.38. The van der Waals surface area contributed by atoms with Gasteiger partial charge in [-0.05, 0) is 32.4 Å². The average molecular weight is 378 g/mol. The van der Waals surface area contributed by atoms with Crippen molar-refractivity contribution in [2.45, 2.75) is 57.8 Å². The lowest BCUT2D eigenvalue weighted by Crippen LogP contribution is -2.53. The number of methoxy groups -OCH3 is 1. The molecule has 27 heavy (non-hydrogen) atoms. The Morgan fingerprint density at radius 2 is 2.04 bits per heavy atom. The summed E-state index contributed by atoms with van der Waals surface area (Å²) in [6, 6.07) is 1.98. The minimum absolute atomic E-state index is 0.0568. The molecule has 2 aliphatic heterocycles. The van der Waals surface area contributed by atoms with Crippen LogP contribution in [0.25, 0.3) is 0 Å². The van der Waals surface area contributed by atoms with Crippen molar-refractivity contribution in [1.29, 1.82) is 0 Å². The van der Waals surface area contributed by atoms with Crippen LogP contribution in [0.5, 0.6) is 0 Å². The fraction of sp³-hybridized carbons (Fsp3) is 0.667. The van der Waals surface area contributed by atoms with Crippen LogP contribution < -0.4 is 0 Å². The van der Waals surface area contributed by atoms with Gasteiger partial charge in [0.2, 0.25) is 0 Å². The third-order valence-electron chi connectivity index (χ3n) is 6.16. The number of carbonyl (C=O) groups is 1. The molecule has 0 saturated carbocycles. The van der Waals surface area contributed by atoms with Crippen molar-refractivity contribution in [3.05, 3.63) is 35.3 Å². The highest BCUT2D eigenvalue weighted by molar-refractivity contribution is 6.07. The van der Waals surface area contributed by atoms with Crippen LogP contribution in [0, 0.1) is 19.8 Å². The normalized spacial score (nSPS) is 33.9. The Balaban J connectivity index is 1.87. The first-order valence-corrected chi connectivity index (χ1v) is 9.39. The van der Waals surface area contributed by atoms with Crippen LogP contribution >= 0.6 is 0 Å². The fourth-order valence-electron chi connectivity index (χ4n) is 4.74. The summed E-state index contributed by atoms with van der Waals surface area (Å²) in [7, 11) is 1.62. The number of rotatable bonds is 8. The van der Waals surface area contributed by atoms with Gasteiger partial charge in [0.15, 0.2) is 5.78 Å². The summed E-state index contributed by atoms with van der Waals surface area (Å²) in [4.78, 5) is 13.2. The number of Topliss-reactive ketones (excluding diaryl/α,β-unsaturated/α-hetero) is 1. The summed E-state index contributed by atoms with van der Waals surface area (Å²) in [5.74, 6) is 1.12. The van der Waals surface area contributed by atoms with E-state index in [1.54, 1.807) is 7.11 Å². The molecule has 1 aromatic heterocycles. The molecule has 0 aromatic carbocycles. The molecular weight excluding hydrogens is 348 g/mol. The molecule has 6 heteroatoms. The Labute approximate surface area is 160 Å². The van der Waals surface area contributed by atoms with Crippen LogP contribution in [-0.4, -0.2) is 50.2 Å². The van der Waals surface area contributed by atoms with Crippen LogP contribution in [0.3, 0.4) is 0 Å². The highest BCUT2D eigenvalue weighted by atomic mass is 16.7. The molecule has 2 saturated heterocycles. The van der Waals surface area contributed by atoms with Crippen LogP contribution in [0.4, 0.5) is 0 Å². The summed E-state index contributed by atoms with van der Waals surface area (Å²) in [6.07, 6.45) is -0.330. The van der Waals surface area contributed by atoms with Crippen molar-refractivity contribution in [2.24, 2.45) is 5.92 Å². The maximum absolute atomic E-state index is 13.2. The Hall–Kier alpha value is -1.47. The van der Waals surface area contributed by atoms with E-state index < -0.39 is 11.2 Å². The monoisotopic (exact) mass is 378 g/mol. The number of carbonyl (C=O) groups excluding carboxylic acids is 1. The first kappa shape index (κ1) is 20.3. The van der Waals surface area contributed by atoms with Crippen molar-refractivity contribution in [3.8, 4) is 0 Å². The smallest absolute Gasteiger partial charge is 0.194 e. The van der Waals surface area contributed by atoms with E-state index >= 15 is 0 Å². The molecule has 5 atom stereocenters. The lowest BCUT2D eigenvalue weighted by Gasteiger charge is -2.38. The van der Waals surface area contributed by atoms with Gasteiger partial charge in [-0.15, -0.1) is 0 Å². The van der Waals surface area contributed by atoms with Crippen molar-refractivity contribution >= 4 is 5.78 Å². The molecule has 3 rings (SSSR count). The van der Waals surface area contributed by atoms with Crippen molar-refractivity contribution in [2.75, 3.05) is 27.1 Å². The van der Waals surface area contributed by atoms with Gasteiger partial charge >= 0.3 is 0 Å². The van der Waals surface area contributed by atoms with E-state index in [1.807, 2.05) is 40.7 Å². The predicted molar refractivity (Wildman–Crippen MR) is 99.7 cm³/mol. The maximum atomic E-state index is 13.2. The summed E-state index contributed by atoms with van der Waals surface area (Å²) >= 11 is 0. The Morgan fingerprint density at radius 1 is 1.33 bits per heavy atom. The van der Waals surface area contributed by atoms with Crippen molar-refractivity contribution in [1.82, 2.24) is 0 Å². The molecular formula is C21H30O6. The largest absolute Gasteiger partial charge is 0.466 e. The standard InChI is InChI=1S/C21H30O6/c1-12-10-13(2)26-17(12)14(3)21-16(5)19(25-11-24-9-8-23-7)20(6,27-21)15(4)18(21)22/h10,14,16,19H,4,8-9,11H2,1-3,5-7H3/t14-,16-,19-,20+,21+/m1/s1. The van der Waals surface area contributed by atoms with Crippen LogP contribution in [-0.2, 0) is 23.7 Å². The summed E-state index contributed by atoms with van der Waals surface area (Å²) in [6.45, 7) is 14.8. The number of furan rings is 1. The molecule has 2 bridgehead atoms. The number of fused-ring (bicyclic) bond motifs is 2. The predicted octanol–water partition coefficient (Wildman–Crippen LogP) is 3.31. The molecule has 150 valence electrons. The van der Waals surface area contributed by atoms with Crippen LogP contribution in [0.2, 0.25) is 0 Å². The zero-order valence-electron chi connectivity index (χ0n) is 17.1. The van der Waals surface area contributed by atoms with Gasteiger partial charge in [-0.3, -0.25) is 4.79 Å². The lowest BCUT2D eigenvalue weighted by molar-refractivity contribution is -0.137. The number of hydrogen-bond acceptors (Lipinski definition) is 6. The quantitative estimate of drug-likeness (QED) is 0.393. The highest BCUT2D eigenvalue weighted by Gasteiger charge is 2.73. The van der Waals surface area contributed by atoms with Crippen LogP contribution in [0.15, 0.2) is 22.6 Å². The second kappa shape index (κ2) is 7.17. The van der Waals surface area contributed by atoms with E-state index in [0.717, 1.165) is 17.1 Å². The third-order valence-corrected chi connectivity index (χ3v) is 6.16. The SMILES string of the molecule is C=C1C(=O)[C@@]2([C@H](C)c3oc(C)cc3C)O[C@]1(C)[C@H](OCOCCOC)[C@H]2C. The van der Waals surface area contributed by atoms with E-state index in [-0.39, 0.29) is 30.5 Å². The van der Waals surface area contributed by atoms with E-state index in [2.05, 4.69) is 6.58 Å². The zero-order chi connectivity index (χ0) is 20.0. The van der Waals surface area contributed by atoms with Crippen molar-refractivity contribution in [3.63, 3.8) is 0 Å². The minimum Gasteiger partial charge on any atom is -0.466 e. The Morgan fingerprint density at radius 3 is 2.63 bits per heavy atom. The molecule has 1 aromatic rings. The number of ether oxygens (including phenoxy) is 4. The van der Waals surface area contributed by atoms with Gasteiger partial charge in [-0.25, -0.2) is 0 Å². The van der Waals surface area contributed by atoms with E-state index in [4.69, 9.17) is 23.4 Å². The van der Waals surface area contributed by atoms with Crippen molar-refractivity contribution < 1.29 is 28.2 Å². The van der Waals surface area contributed by atoms with Gasteiger partial charge < -0.3 is 23.4 Å². The van der Waals surface area contributed by atoms with Gasteiger partial charge in [0, 0.05) is 18.6 Å². The molecule has 0 spiro atoms. The third kappa shape index (κ3) is 2.90. The van der Waals surface area contributed by atoms with Gasteiger partial charge in [0.05, 0.1) is 25.2 Å². The Bertz CT molecular complexity index is 737. The zero-order valence-corrected chi connectivity index (χ0v) is 17.1. The molecule has 0 aliphatic carbocycles. The molecule has 0 amide bonds. The number of aryl methyl sites for hydroxylation is 2. The average Bonchev–Trinajstić information content (AvgIpc) is 3.15. The second-order valence-electron chi connectivity index (χ2n) is 7.83. The molecule has 2 aliphatic rings. The van der Waals surface area contributed by atoms with Crippen LogP contribution in [0.1, 0.15) is 43.8 Å². The van der Waals surface area contributed by atoms with E-state index in [9.17, 15) is 4.79 Å². The van der Waals surface area contributed by atoms with Gasteiger partial charge in [0.1, 0.15) is 29.5 Å².